The van der Waals surface area contributed by atoms with Gasteiger partial charge in [-0.3, -0.25) is 0 Å². The van der Waals surface area contributed by atoms with Gasteiger partial charge in [0.15, 0.2) is 0 Å². The molecule has 102 valence electrons. The van der Waals surface area contributed by atoms with Crippen molar-refractivity contribution in [2.24, 2.45) is 0 Å². The number of ether oxygens (including phenoxy) is 2. The molecule has 1 aromatic heterocycles. The predicted octanol–water partition coefficient (Wildman–Crippen LogP) is 2.47. The Morgan fingerprint density at radius 2 is 2.39 bits per heavy atom. The fourth-order valence-corrected chi connectivity index (χ4v) is 2.13. The molecule has 0 spiro atoms. The van der Waals surface area contributed by atoms with Gasteiger partial charge >= 0.3 is 0 Å². The molecule has 4 nitrogen and oxygen atoms in total. The molecule has 0 radical (unpaired) electrons. The van der Waals surface area contributed by atoms with Crippen LogP contribution in [-0.4, -0.2) is 25.9 Å². The molecule has 4 heteroatoms. The summed E-state index contributed by atoms with van der Waals surface area (Å²) in [5, 5.41) is 3.26. The van der Waals surface area contributed by atoms with Crippen molar-refractivity contribution in [1.29, 1.82) is 0 Å². The summed E-state index contributed by atoms with van der Waals surface area (Å²) >= 11 is 0. The largest absolute Gasteiger partial charge is 0.468 e. The van der Waals surface area contributed by atoms with Crippen molar-refractivity contribution in [1.82, 2.24) is 5.32 Å². The summed E-state index contributed by atoms with van der Waals surface area (Å²) in [7, 11) is 0. The molecule has 0 aromatic carbocycles. The smallest absolute Gasteiger partial charge is 0.123 e. The maximum Gasteiger partial charge on any atom is 0.123 e. The van der Waals surface area contributed by atoms with Crippen LogP contribution >= 0.6 is 0 Å². The highest BCUT2D eigenvalue weighted by molar-refractivity contribution is 5.15. The average Bonchev–Trinajstić information content (AvgIpc) is 2.85. The van der Waals surface area contributed by atoms with Crippen molar-refractivity contribution in [3.63, 3.8) is 0 Å². The molecule has 0 saturated carbocycles. The lowest BCUT2D eigenvalue weighted by atomic mass is 10.1. The lowest BCUT2D eigenvalue weighted by molar-refractivity contribution is -0.0449. The Morgan fingerprint density at radius 1 is 1.44 bits per heavy atom. The maximum absolute atomic E-state index is 5.73. The van der Waals surface area contributed by atoms with Crippen molar-refractivity contribution >= 4 is 0 Å². The first-order valence-electron chi connectivity index (χ1n) is 6.85. The lowest BCUT2D eigenvalue weighted by Gasteiger charge is -2.22. The van der Waals surface area contributed by atoms with Gasteiger partial charge in [0.2, 0.25) is 0 Å². The summed E-state index contributed by atoms with van der Waals surface area (Å²) in [6.07, 6.45) is 5.57. The summed E-state index contributed by atoms with van der Waals surface area (Å²) < 4.78 is 16.8. The summed E-state index contributed by atoms with van der Waals surface area (Å²) in [5.41, 5.74) is 1.13. The van der Waals surface area contributed by atoms with Gasteiger partial charge in [-0.15, -0.1) is 0 Å². The molecule has 1 atom stereocenters. The van der Waals surface area contributed by atoms with E-state index in [1.165, 1.54) is 12.8 Å². The normalized spacial score (nSPS) is 20.2. The van der Waals surface area contributed by atoms with E-state index in [1.54, 1.807) is 6.26 Å². The van der Waals surface area contributed by atoms with Crippen LogP contribution in [0.3, 0.4) is 0 Å². The minimum Gasteiger partial charge on any atom is -0.468 e. The summed E-state index contributed by atoms with van der Waals surface area (Å²) in [6.45, 7) is 5.97. The molecule has 2 heterocycles. The minimum absolute atomic E-state index is 0.280. The van der Waals surface area contributed by atoms with Gasteiger partial charge in [-0.25, -0.2) is 0 Å². The lowest BCUT2D eigenvalue weighted by Crippen LogP contribution is -2.24. The van der Waals surface area contributed by atoms with E-state index in [1.807, 2.05) is 6.07 Å². The number of rotatable bonds is 7. The fraction of sp³-hybridized carbons (Fsp3) is 0.714. The Kier molecular flexibility index (Phi) is 5.71. The Morgan fingerprint density at radius 3 is 3.17 bits per heavy atom. The van der Waals surface area contributed by atoms with E-state index in [0.717, 1.165) is 37.4 Å². The van der Waals surface area contributed by atoms with Crippen LogP contribution in [0.25, 0.3) is 0 Å². The van der Waals surface area contributed by atoms with Gasteiger partial charge in [-0.1, -0.05) is 6.92 Å². The van der Waals surface area contributed by atoms with E-state index in [4.69, 9.17) is 13.9 Å². The van der Waals surface area contributed by atoms with E-state index in [0.29, 0.717) is 13.2 Å². The average molecular weight is 253 g/mol. The number of hydrogen-bond acceptors (Lipinski definition) is 4. The van der Waals surface area contributed by atoms with E-state index in [2.05, 4.69) is 12.2 Å². The molecule has 1 N–H and O–H groups in total. The minimum atomic E-state index is 0.280. The van der Waals surface area contributed by atoms with Crippen molar-refractivity contribution < 1.29 is 13.9 Å². The highest BCUT2D eigenvalue weighted by atomic mass is 16.5. The van der Waals surface area contributed by atoms with Gasteiger partial charge in [0, 0.05) is 12.2 Å². The zero-order chi connectivity index (χ0) is 12.6. The molecule has 1 unspecified atom stereocenters. The number of furan rings is 1. The Hall–Kier alpha value is -0.840. The zero-order valence-corrected chi connectivity index (χ0v) is 11.1. The van der Waals surface area contributed by atoms with Crippen LogP contribution in [0.4, 0.5) is 0 Å². The maximum atomic E-state index is 5.73. The standard InChI is InChI=1S/C14H23NO3/c1-2-15-9-14-12(6-8-18-14)10-16-11-13-5-3-4-7-17-13/h6,8,13,15H,2-5,7,9-11H2,1H3. The molecule has 18 heavy (non-hydrogen) atoms. The Bertz CT molecular complexity index is 332. The van der Waals surface area contributed by atoms with Crippen molar-refractivity contribution in [3.8, 4) is 0 Å². The first-order chi connectivity index (χ1) is 8.90. The number of nitrogens with one attached hydrogen (secondary N) is 1. The molecular weight excluding hydrogens is 230 g/mol. The first-order valence-corrected chi connectivity index (χ1v) is 6.85. The van der Waals surface area contributed by atoms with Gasteiger partial charge in [-0.05, 0) is 31.9 Å². The second kappa shape index (κ2) is 7.56. The summed E-state index contributed by atoms with van der Waals surface area (Å²) in [4.78, 5) is 0. The van der Waals surface area contributed by atoms with E-state index in [-0.39, 0.29) is 6.10 Å². The van der Waals surface area contributed by atoms with Gasteiger partial charge in [0.05, 0.1) is 32.1 Å². The molecule has 1 aliphatic rings. The molecule has 0 bridgehead atoms. The topological polar surface area (TPSA) is 43.6 Å². The molecule has 1 saturated heterocycles. The van der Waals surface area contributed by atoms with Gasteiger partial charge in [0.1, 0.15) is 5.76 Å². The van der Waals surface area contributed by atoms with Crippen molar-refractivity contribution in [2.75, 3.05) is 19.8 Å². The molecule has 2 rings (SSSR count). The van der Waals surface area contributed by atoms with Crippen LogP contribution < -0.4 is 5.32 Å². The SMILES string of the molecule is CCNCc1occc1COCC1CCCCO1. The van der Waals surface area contributed by atoms with E-state index in [9.17, 15) is 0 Å². The number of hydrogen-bond donors (Lipinski definition) is 1. The van der Waals surface area contributed by atoms with E-state index < -0.39 is 0 Å². The summed E-state index contributed by atoms with van der Waals surface area (Å²) in [6, 6.07) is 1.98. The third kappa shape index (κ3) is 4.12. The zero-order valence-electron chi connectivity index (χ0n) is 11.1. The Balaban J connectivity index is 1.70. The third-order valence-electron chi connectivity index (χ3n) is 3.21. The predicted molar refractivity (Wildman–Crippen MR) is 69.3 cm³/mol. The fourth-order valence-electron chi connectivity index (χ4n) is 2.13. The van der Waals surface area contributed by atoms with Crippen LogP contribution in [-0.2, 0) is 22.6 Å². The molecule has 1 aliphatic heterocycles. The van der Waals surface area contributed by atoms with Crippen LogP contribution in [0.5, 0.6) is 0 Å². The van der Waals surface area contributed by atoms with Crippen molar-refractivity contribution in [3.05, 3.63) is 23.7 Å². The second-order valence-corrected chi connectivity index (χ2v) is 4.65. The molecule has 0 aliphatic carbocycles. The molecule has 1 aromatic rings. The van der Waals surface area contributed by atoms with Gasteiger partial charge in [0.25, 0.3) is 0 Å². The Labute approximate surface area is 109 Å². The van der Waals surface area contributed by atoms with Crippen LogP contribution in [0.2, 0.25) is 0 Å². The third-order valence-corrected chi connectivity index (χ3v) is 3.21. The molecule has 1 fully saturated rings. The van der Waals surface area contributed by atoms with Crippen LogP contribution in [0, 0.1) is 0 Å². The first kappa shape index (κ1) is 13.6. The van der Waals surface area contributed by atoms with Gasteiger partial charge in [-0.2, -0.15) is 0 Å². The summed E-state index contributed by atoms with van der Waals surface area (Å²) in [5.74, 6) is 0.974. The quantitative estimate of drug-likeness (QED) is 0.810. The molecular formula is C14H23NO3. The molecule has 0 amide bonds. The van der Waals surface area contributed by atoms with Crippen LogP contribution in [0.1, 0.15) is 37.5 Å². The highest BCUT2D eigenvalue weighted by Gasteiger charge is 2.14. The van der Waals surface area contributed by atoms with Crippen LogP contribution in [0.15, 0.2) is 16.7 Å². The van der Waals surface area contributed by atoms with E-state index >= 15 is 0 Å². The highest BCUT2D eigenvalue weighted by Crippen LogP contribution is 2.15. The van der Waals surface area contributed by atoms with Gasteiger partial charge < -0.3 is 19.2 Å². The van der Waals surface area contributed by atoms with Crippen molar-refractivity contribution in [2.45, 2.75) is 45.4 Å². The second-order valence-electron chi connectivity index (χ2n) is 4.65. The monoisotopic (exact) mass is 253 g/mol.